The van der Waals surface area contributed by atoms with Crippen LogP contribution in [0.5, 0.6) is 0 Å². The van der Waals surface area contributed by atoms with Crippen LogP contribution in [0.4, 0.5) is 0 Å². The third-order valence-electron chi connectivity index (χ3n) is 1.90. The fraction of sp³-hybridized carbons (Fsp3) is 0.333. The molecule has 0 amide bonds. The van der Waals surface area contributed by atoms with E-state index in [0.29, 0.717) is 0 Å². The van der Waals surface area contributed by atoms with Crippen LogP contribution < -0.4 is 5.32 Å². The Hall–Kier alpha value is -0.790. The maximum absolute atomic E-state index is 5.86. The third kappa shape index (κ3) is 4.45. The van der Waals surface area contributed by atoms with E-state index < -0.39 is 0 Å². The van der Waals surface area contributed by atoms with E-state index in [9.17, 15) is 0 Å². The smallest absolute Gasteiger partial charge is 0.0411 e. The van der Waals surface area contributed by atoms with E-state index in [1.807, 2.05) is 18.2 Å². The highest BCUT2D eigenvalue weighted by Gasteiger charge is 1.88. The maximum Gasteiger partial charge on any atom is 0.0411 e. The predicted molar refractivity (Wildman–Crippen MR) is 63.6 cm³/mol. The lowest BCUT2D eigenvalue weighted by Gasteiger charge is -1.96. The molecule has 0 aliphatic carbocycles. The van der Waals surface area contributed by atoms with Crippen LogP contribution in [0.2, 0.25) is 5.02 Å². The van der Waals surface area contributed by atoms with Gasteiger partial charge in [-0.05, 0) is 37.2 Å². The molecule has 0 unspecified atom stereocenters. The second-order valence-corrected chi connectivity index (χ2v) is 3.54. The molecular formula is C12H16ClN. The number of benzene rings is 1. The molecule has 1 nitrogen and oxygen atoms in total. The monoisotopic (exact) mass is 209 g/mol. The van der Waals surface area contributed by atoms with Gasteiger partial charge in [-0.25, -0.2) is 0 Å². The van der Waals surface area contributed by atoms with Gasteiger partial charge in [0.2, 0.25) is 0 Å². The molecule has 0 heterocycles. The molecule has 1 rings (SSSR count). The van der Waals surface area contributed by atoms with Crippen molar-refractivity contribution in [3.63, 3.8) is 0 Å². The lowest BCUT2D eigenvalue weighted by Crippen LogP contribution is -2.12. The summed E-state index contributed by atoms with van der Waals surface area (Å²) in [7, 11) is 0. The SMILES string of the molecule is CCNCCC=Cc1cccc(Cl)c1. The first kappa shape index (κ1) is 11.3. The molecule has 14 heavy (non-hydrogen) atoms. The highest BCUT2D eigenvalue weighted by molar-refractivity contribution is 6.30. The van der Waals surface area contributed by atoms with E-state index in [2.05, 4.69) is 30.5 Å². The molecule has 0 aromatic heterocycles. The molecule has 2 heteroatoms. The zero-order valence-electron chi connectivity index (χ0n) is 8.46. The Bertz CT molecular complexity index is 294. The standard InChI is InChI=1S/C12H16ClN/c1-2-14-9-4-3-6-11-7-5-8-12(13)10-11/h3,5-8,10,14H,2,4,9H2,1H3. The summed E-state index contributed by atoms with van der Waals surface area (Å²) >= 11 is 5.86. The zero-order chi connectivity index (χ0) is 10.2. The van der Waals surface area contributed by atoms with E-state index in [4.69, 9.17) is 11.6 Å². The topological polar surface area (TPSA) is 12.0 Å². The molecule has 0 saturated carbocycles. The number of halogens is 1. The van der Waals surface area contributed by atoms with Crippen LogP contribution in [0.1, 0.15) is 18.9 Å². The Morgan fingerprint density at radius 2 is 2.29 bits per heavy atom. The Kier molecular flexibility index (Phi) is 5.35. The fourth-order valence-electron chi connectivity index (χ4n) is 1.19. The quantitative estimate of drug-likeness (QED) is 0.734. The summed E-state index contributed by atoms with van der Waals surface area (Å²) in [5.41, 5.74) is 1.16. The lowest BCUT2D eigenvalue weighted by atomic mass is 10.2. The predicted octanol–water partition coefficient (Wildman–Crippen LogP) is 3.35. The molecule has 1 aromatic rings. The molecule has 0 spiro atoms. The van der Waals surface area contributed by atoms with Crippen molar-refractivity contribution in [2.24, 2.45) is 0 Å². The van der Waals surface area contributed by atoms with Gasteiger partial charge in [-0.1, -0.05) is 42.8 Å². The second-order valence-electron chi connectivity index (χ2n) is 3.10. The summed E-state index contributed by atoms with van der Waals surface area (Å²) < 4.78 is 0. The fourth-order valence-corrected chi connectivity index (χ4v) is 1.39. The first-order valence-electron chi connectivity index (χ1n) is 4.95. The van der Waals surface area contributed by atoms with Crippen molar-refractivity contribution in [3.8, 4) is 0 Å². The summed E-state index contributed by atoms with van der Waals surface area (Å²) in [6, 6.07) is 7.87. The van der Waals surface area contributed by atoms with Crippen molar-refractivity contribution < 1.29 is 0 Å². The van der Waals surface area contributed by atoms with Crippen LogP contribution >= 0.6 is 11.6 Å². The Morgan fingerprint density at radius 3 is 3.00 bits per heavy atom. The molecule has 0 atom stereocenters. The molecular weight excluding hydrogens is 194 g/mol. The molecule has 1 N–H and O–H groups in total. The average molecular weight is 210 g/mol. The van der Waals surface area contributed by atoms with Gasteiger partial charge in [0.15, 0.2) is 0 Å². The second kappa shape index (κ2) is 6.63. The van der Waals surface area contributed by atoms with Gasteiger partial charge >= 0.3 is 0 Å². The average Bonchev–Trinajstić information content (AvgIpc) is 2.18. The van der Waals surface area contributed by atoms with E-state index in [1.54, 1.807) is 0 Å². The minimum absolute atomic E-state index is 0.791. The van der Waals surface area contributed by atoms with Gasteiger partial charge < -0.3 is 5.32 Å². The van der Waals surface area contributed by atoms with Crippen LogP contribution in [-0.2, 0) is 0 Å². The van der Waals surface area contributed by atoms with Gasteiger partial charge in [0.1, 0.15) is 0 Å². The molecule has 0 saturated heterocycles. The molecule has 0 aliphatic heterocycles. The van der Waals surface area contributed by atoms with E-state index in [1.165, 1.54) is 0 Å². The van der Waals surface area contributed by atoms with Crippen molar-refractivity contribution in [1.82, 2.24) is 5.32 Å². The summed E-state index contributed by atoms with van der Waals surface area (Å²) in [4.78, 5) is 0. The van der Waals surface area contributed by atoms with Crippen molar-refractivity contribution in [3.05, 3.63) is 40.9 Å². The highest BCUT2D eigenvalue weighted by Crippen LogP contribution is 2.11. The van der Waals surface area contributed by atoms with Gasteiger partial charge in [-0.15, -0.1) is 0 Å². The number of hydrogen-bond acceptors (Lipinski definition) is 1. The van der Waals surface area contributed by atoms with Gasteiger partial charge in [0.25, 0.3) is 0 Å². The van der Waals surface area contributed by atoms with Gasteiger partial charge in [0.05, 0.1) is 0 Å². The largest absolute Gasteiger partial charge is 0.317 e. The highest BCUT2D eigenvalue weighted by atomic mass is 35.5. The Labute approximate surface area is 90.8 Å². The molecule has 0 bridgehead atoms. The molecule has 1 aromatic carbocycles. The van der Waals surface area contributed by atoms with Gasteiger partial charge in [-0.3, -0.25) is 0 Å². The van der Waals surface area contributed by atoms with Crippen LogP contribution in [0, 0.1) is 0 Å². The van der Waals surface area contributed by atoms with E-state index >= 15 is 0 Å². The molecule has 76 valence electrons. The minimum Gasteiger partial charge on any atom is -0.317 e. The Morgan fingerprint density at radius 1 is 1.43 bits per heavy atom. The van der Waals surface area contributed by atoms with Crippen LogP contribution in [-0.4, -0.2) is 13.1 Å². The summed E-state index contributed by atoms with van der Waals surface area (Å²) in [5, 5.41) is 4.06. The molecule has 0 fully saturated rings. The first-order chi connectivity index (χ1) is 6.83. The van der Waals surface area contributed by atoms with Crippen molar-refractivity contribution in [1.29, 1.82) is 0 Å². The van der Waals surface area contributed by atoms with Gasteiger partial charge in [0, 0.05) is 5.02 Å². The van der Waals surface area contributed by atoms with Gasteiger partial charge in [-0.2, -0.15) is 0 Å². The summed E-state index contributed by atoms with van der Waals surface area (Å²) in [5.74, 6) is 0. The van der Waals surface area contributed by atoms with E-state index in [0.717, 1.165) is 30.1 Å². The van der Waals surface area contributed by atoms with Crippen molar-refractivity contribution >= 4 is 17.7 Å². The van der Waals surface area contributed by atoms with Crippen LogP contribution in [0.25, 0.3) is 6.08 Å². The number of hydrogen-bond donors (Lipinski definition) is 1. The summed E-state index contributed by atoms with van der Waals surface area (Å²) in [6.07, 6.45) is 5.32. The summed E-state index contributed by atoms with van der Waals surface area (Å²) in [6.45, 7) is 4.18. The zero-order valence-corrected chi connectivity index (χ0v) is 9.22. The number of nitrogens with one attached hydrogen (secondary N) is 1. The normalized spacial score (nSPS) is 11.0. The molecule has 0 radical (unpaired) electrons. The Balaban J connectivity index is 2.36. The van der Waals surface area contributed by atoms with Crippen molar-refractivity contribution in [2.75, 3.05) is 13.1 Å². The number of rotatable bonds is 5. The van der Waals surface area contributed by atoms with E-state index in [-0.39, 0.29) is 0 Å². The molecule has 0 aliphatic rings. The lowest BCUT2D eigenvalue weighted by molar-refractivity contribution is 0.727. The third-order valence-corrected chi connectivity index (χ3v) is 2.13. The maximum atomic E-state index is 5.86. The first-order valence-corrected chi connectivity index (χ1v) is 5.33. The van der Waals surface area contributed by atoms with Crippen molar-refractivity contribution in [2.45, 2.75) is 13.3 Å². The van der Waals surface area contributed by atoms with Crippen LogP contribution in [0.3, 0.4) is 0 Å². The minimum atomic E-state index is 0.791. The van der Waals surface area contributed by atoms with Crippen LogP contribution in [0.15, 0.2) is 30.3 Å².